The molecule has 0 aliphatic carbocycles. The van der Waals surface area contributed by atoms with Crippen molar-refractivity contribution in [2.45, 2.75) is 32.3 Å². The van der Waals surface area contributed by atoms with Crippen LogP contribution >= 0.6 is 22.9 Å². The average Bonchev–Trinajstić information content (AvgIpc) is 3.30. The largest absolute Gasteiger partial charge is 0.487 e. The summed E-state index contributed by atoms with van der Waals surface area (Å²) in [5.41, 5.74) is 4.60. The first-order valence-electron chi connectivity index (χ1n) is 9.02. The first-order chi connectivity index (χ1) is 13.6. The third kappa shape index (κ3) is 4.15. The van der Waals surface area contributed by atoms with E-state index in [0.717, 1.165) is 27.4 Å². The molecule has 8 heteroatoms. The molecule has 1 aliphatic heterocycles. The third-order valence-corrected chi connectivity index (χ3v) is 5.83. The van der Waals surface area contributed by atoms with Crippen LogP contribution in [0, 0.1) is 6.92 Å². The highest BCUT2D eigenvalue weighted by Gasteiger charge is 2.27. The van der Waals surface area contributed by atoms with Gasteiger partial charge in [0.25, 0.3) is 0 Å². The average molecular weight is 415 g/mol. The van der Waals surface area contributed by atoms with Gasteiger partial charge in [0, 0.05) is 40.7 Å². The lowest BCUT2D eigenvalue weighted by Gasteiger charge is -2.13. The fourth-order valence-electron chi connectivity index (χ4n) is 3.22. The topological polar surface area (TPSA) is 77.0 Å². The Balaban J connectivity index is 1.37. The monoisotopic (exact) mass is 414 g/mol. The van der Waals surface area contributed by atoms with Crippen LogP contribution in [0.4, 0.5) is 0 Å². The van der Waals surface area contributed by atoms with E-state index in [4.69, 9.17) is 16.3 Å². The summed E-state index contributed by atoms with van der Waals surface area (Å²) >= 11 is 7.86. The molecular weight excluding hydrogens is 396 g/mol. The normalized spacial score (nSPS) is 15.1. The highest BCUT2D eigenvalue weighted by molar-refractivity contribution is 7.09. The Kier molecular flexibility index (Phi) is 5.54. The van der Waals surface area contributed by atoms with E-state index in [1.165, 1.54) is 0 Å². The van der Waals surface area contributed by atoms with Crippen molar-refractivity contribution in [2.75, 3.05) is 6.54 Å². The molecule has 2 aromatic heterocycles. The van der Waals surface area contributed by atoms with Crippen molar-refractivity contribution in [3.8, 4) is 17.1 Å². The van der Waals surface area contributed by atoms with Crippen LogP contribution in [0.3, 0.4) is 0 Å². The molecule has 1 aliphatic rings. The number of hydrogen-bond donors (Lipinski definition) is 1. The summed E-state index contributed by atoms with van der Waals surface area (Å²) in [6.07, 6.45) is 5.08. The van der Waals surface area contributed by atoms with Crippen LogP contribution in [-0.2, 0) is 17.6 Å². The fraction of sp³-hybridized carbons (Fsp3) is 0.300. The van der Waals surface area contributed by atoms with Crippen LogP contribution in [0.15, 0.2) is 36.1 Å². The van der Waals surface area contributed by atoms with Gasteiger partial charge in [0.1, 0.15) is 11.9 Å². The van der Waals surface area contributed by atoms with Gasteiger partial charge in [-0.2, -0.15) is 0 Å². The maximum Gasteiger partial charge on any atom is 0.220 e. The Morgan fingerprint density at radius 3 is 2.89 bits per heavy atom. The standard InChI is InChI=1S/C20H19ClN4O2S/c1-12-17(28-11-25-12)3-4-18(26)24-10-15-8-13-7-14(21)9-16(19(13)27-15)20-22-5-2-6-23-20/h2,5-7,9,11,15H,3-4,8,10H2,1H3,(H,24,26). The van der Waals surface area contributed by atoms with Gasteiger partial charge < -0.3 is 10.1 Å². The number of hydrogen-bond acceptors (Lipinski definition) is 6. The molecule has 0 saturated carbocycles. The summed E-state index contributed by atoms with van der Waals surface area (Å²) in [6.45, 7) is 2.41. The molecule has 0 saturated heterocycles. The number of aryl methyl sites for hydroxylation is 2. The zero-order valence-electron chi connectivity index (χ0n) is 15.3. The zero-order valence-corrected chi connectivity index (χ0v) is 16.9. The number of nitrogens with zero attached hydrogens (tertiary/aromatic N) is 3. The Hall–Kier alpha value is -2.51. The smallest absolute Gasteiger partial charge is 0.220 e. The van der Waals surface area contributed by atoms with Gasteiger partial charge in [-0.25, -0.2) is 15.0 Å². The number of carbonyl (C=O) groups excluding carboxylic acids is 1. The zero-order chi connectivity index (χ0) is 19.5. The van der Waals surface area contributed by atoms with E-state index < -0.39 is 0 Å². The summed E-state index contributed by atoms with van der Waals surface area (Å²) < 4.78 is 6.11. The predicted molar refractivity (Wildman–Crippen MR) is 109 cm³/mol. The summed E-state index contributed by atoms with van der Waals surface area (Å²) in [7, 11) is 0. The van der Waals surface area contributed by atoms with Crippen LogP contribution in [0.25, 0.3) is 11.4 Å². The minimum Gasteiger partial charge on any atom is -0.487 e. The summed E-state index contributed by atoms with van der Waals surface area (Å²) in [5.74, 6) is 1.33. The molecule has 1 N–H and O–H groups in total. The van der Waals surface area contributed by atoms with Crippen LogP contribution < -0.4 is 10.1 Å². The van der Waals surface area contributed by atoms with E-state index >= 15 is 0 Å². The second-order valence-electron chi connectivity index (χ2n) is 6.62. The van der Waals surface area contributed by atoms with Crippen molar-refractivity contribution >= 4 is 28.8 Å². The van der Waals surface area contributed by atoms with Gasteiger partial charge in [-0.3, -0.25) is 4.79 Å². The lowest BCUT2D eigenvalue weighted by Crippen LogP contribution is -2.34. The number of rotatable bonds is 6. The Morgan fingerprint density at radius 1 is 1.32 bits per heavy atom. The van der Waals surface area contributed by atoms with Crippen LogP contribution in [0.5, 0.6) is 5.75 Å². The Morgan fingerprint density at radius 2 is 2.14 bits per heavy atom. The number of carbonyl (C=O) groups is 1. The van der Waals surface area contributed by atoms with E-state index in [9.17, 15) is 4.79 Å². The summed E-state index contributed by atoms with van der Waals surface area (Å²) in [5, 5.41) is 3.59. The third-order valence-electron chi connectivity index (χ3n) is 4.62. The van der Waals surface area contributed by atoms with E-state index in [0.29, 0.717) is 36.7 Å². The highest BCUT2D eigenvalue weighted by Crippen LogP contribution is 2.39. The molecule has 1 amide bonds. The molecule has 3 heterocycles. The number of nitrogens with one attached hydrogen (secondary N) is 1. The van der Waals surface area contributed by atoms with Crippen LogP contribution in [-0.4, -0.2) is 33.5 Å². The van der Waals surface area contributed by atoms with Gasteiger partial charge in [-0.15, -0.1) is 11.3 Å². The quantitative estimate of drug-likeness (QED) is 0.666. The van der Waals surface area contributed by atoms with Gasteiger partial charge in [-0.05, 0) is 31.5 Å². The number of thiazole rings is 1. The second kappa shape index (κ2) is 8.24. The summed E-state index contributed by atoms with van der Waals surface area (Å²) in [4.78, 5) is 26.2. The first kappa shape index (κ1) is 18.8. The highest BCUT2D eigenvalue weighted by atomic mass is 35.5. The van der Waals surface area contributed by atoms with Gasteiger partial charge in [0.05, 0.1) is 23.3 Å². The molecule has 4 rings (SSSR count). The van der Waals surface area contributed by atoms with Crippen molar-refractivity contribution in [1.82, 2.24) is 20.3 Å². The molecule has 144 valence electrons. The molecule has 1 unspecified atom stereocenters. The predicted octanol–water partition coefficient (Wildman–Crippen LogP) is 3.61. The van der Waals surface area contributed by atoms with Gasteiger partial charge >= 0.3 is 0 Å². The molecule has 1 atom stereocenters. The minimum atomic E-state index is -0.134. The van der Waals surface area contributed by atoms with Crippen LogP contribution in [0.2, 0.25) is 5.02 Å². The molecule has 0 bridgehead atoms. The Labute approximate surface area is 172 Å². The number of ether oxygens (including phenoxy) is 1. The van der Waals surface area contributed by atoms with E-state index in [1.807, 2.05) is 24.6 Å². The van der Waals surface area contributed by atoms with E-state index in [-0.39, 0.29) is 12.0 Å². The first-order valence-corrected chi connectivity index (χ1v) is 10.3. The van der Waals surface area contributed by atoms with Crippen molar-refractivity contribution < 1.29 is 9.53 Å². The lowest BCUT2D eigenvalue weighted by molar-refractivity contribution is -0.121. The number of halogens is 1. The fourth-order valence-corrected chi connectivity index (χ4v) is 4.24. The van der Waals surface area contributed by atoms with Gasteiger partial charge in [0.15, 0.2) is 5.82 Å². The molecule has 1 aromatic carbocycles. The number of amides is 1. The van der Waals surface area contributed by atoms with Crippen LogP contribution in [0.1, 0.15) is 22.6 Å². The molecule has 28 heavy (non-hydrogen) atoms. The molecule has 3 aromatic rings. The number of benzene rings is 1. The molecule has 6 nitrogen and oxygen atoms in total. The summed E-state index contributed by atoms with van der Waals surface area (Å²) in [6, 6.07) is 5.48. The minimum absolute atomic E-state index is 0.0111. The molecule has 0 fully saturated rings. The SMILES string of the molecule is Cc1ncsc1CCC(=O)NCC1Cc2cc(Cl)cc(-c3ncccn3)c2O1. The number of fused-ring (bicyclic) bond motifs is 1. The van der Waals surface area contributed by atoms with Crippen molar-refractivity contribution in [2.24, 2.45) is 0 Å². The van der Waals surface area contributed by atoms with Crippen molar-refractivity contribution in [3.63, 3.8) is 0 Å². The lowest BCUT2D eigenvalue weighted by atomic mass is 10.1. The molecule has 0 radical (unpaired) electrons. The van der Waals surface area contributed by atoms with E-state index in [1.54, 1.807) is 29.8 Å². The molecular formula is C20H19ClN4O2S. The molecule has 0 spiro atoms. The maximum absolute atomic E-state index is 12.2. The van der Waals surface area contributed by atoms with Crippen molar-refractivity contribution in [3.05, 3.63) is 57.3 Å². The second-order valence-corrected chi connectivity index (χ2v) is 8.00. The Bertz CT molecular complexity index is 993. The maximum atomic E-state index is 12.2. The number of aromatic nitrogens is 3. The van der Waals surface area contributed by atoms with E-state index in [2.05, 4.69) is 20.3 Å². The van der Waals surface area contributed by atoms with Gasteiger partial charge in [-0.1, -0.05) is 11.6 Å². The van der Waals surface area contributed by atoms with Gasteiger partial charge in [0.2, 0.25) is 5.91 Å². The van der Waals surface area contributed by atoms with Crippen molar-refractivity contribution in [1.29, 1.82) is 0 Å².